The van der Waals surface area contributed by atoms with Gasteiger partial charge in [-0.05, 0) is 43.0 Å². The number of hydrogen-bond donors (Lipinski definition) is 1. The van der Waals surface area contributed by atoms with Crippen molar-refractivity contribution in [3.8, 4) is 0 Å². The third kappa shape index (κ3) is 2.24. The summed E-state index contributed by atoms with van der Waals surface area (Å²) in [7, 11) is 0. The Balaban J connectivity index is 2.65. The van der Waals surface area contributed by atoms with Crippen LogP contribution in [-0.2, 0) is 4.74 Å². The van der Waals surface area contributed by atoms with E-state index in [1.54, 1.807) is 13.0 Å². The van der Waals surface area contributed by atoms with Gasteiger partial charge in [0.15, 0.2) is 0 Å². The van der Waals surface area contributed by atoms with Crippen LogP contribution in [0, 0.1) is 6.92 Å². The Morgan fingerprint density at radius 1 is 1.39 bits per heavy atom. The first kappa shape index (κ1) is 12.6. The Bertz CT molecular complexity index is 676. The topological polar surface area (TPSA) is 59.2 Å². The molecule has 0 spiro atoms. The van der Waals surface area contributed by atoms with E-state index in [0.29, 0.717) is 10.5 Å². The molecule has 0 atom stereocenters. The number of aromatic amines is 1. The highest BCUT2D eigenvalue weighted by Crippen LogP contribution is 2.21. The third-order valence-corrected chi connectivity index (χ3v) is 3.03. The summed E-state index contributed by atoms with van der Waals surface area (Å²) < 4.78 is 4.83. The summed E-state index contributed by atoms with van der Waals surface area (Å²) in [5.74, 6) is -0.617. The second kappa shape index (κ2) is 4.82. The molecule has 1 aromatic heterocycles. The standard InChI is InChI=1S/C13H12ClNO3/c1-3-18-13(17)9-5-8-4-7(2)10(14)6-11(8)15-12(9)16/h4-6H,3H2,1-2H3,(H,15,16). The number of ether oxygens (including phenoxy) is 1. The minimum absolute atomic E-state index is 0.00562. The number of esters is 1. The molecule has 0 aliphatic heterocycles. The number of nitrogens with one attached hydrogen (secondary N) is 1. The molecule has 0 aliphatic rings. The molecule has 5 heteroatoms. The molecule has 0 saturated heterocycles. The maximum atomic E-state index is 11.7. The summed E-state index contributed by atoms with van der Waals surface area (Å²) in [6.07, 6.45) is 0. The summed E-state index contributed by atoms with van der Waals surface area (Å²) in [4.78, 5) is 26.0. The van der Waals surface area contributed by atoms with Gasteiger partial charge in [-0.2, -0.15) is 0 Å². The molecule has 0 saturated carbocycles. The lowest BCUT2D eigenvalue weighted by Gasteiger charge is -2.05. The molecule has 4 nitrogen and oxygen atoms in total. The van der Waals surface area contributed by atoms with Gasteiger partial charge in [0.05, 0.1) is 6.61 Å². The normalized spacial score (nSPS) is 10.6. The van der Waals surface area contributed by atoms with Gasteiger partial charge in [0.25, 0.3) is 5.56 Å². The van der Waals surface area contributed by atoms with Gasteiger partial charge in [0.1, 0.15) is 5.56 Å². The Morgan fingerprint density at radius 3 is 2.78 bits per heavy atom. The first-order valence-electron chi connectivity index (χ1n) is 5.53. The molecule has 18 heavy (non-hydrogen) atoms. The van der Waals surface area contributed by atoms with Crippen LogP contribution in [0.5, 0.6) is 0 Å². The van der Waals surface area contributed by atoms with Crippen LogP contribution in [0.2, 0.25) is 5.02 Å². The fourth-order valence-corrected chi connectivity index (χ4v) is 1.87. The minimum atomic E-state index is -0.617. The van der Waals surface area contributed by atoms with E-state index in [9.17, 15) is 9.59 Å². The lowest BCUT2D eigenvalue weighted by molar-refractivity contribution is 0.0524. The van der Waals surface area contributed by atoms with Crippen LogP contribution in [0.15, 0.2) is 23.0 Å². The van der Waals surface area contributed by atoms with Crippen LogP contribution < -0.4 is 5.56 Å². The van der Waals surface area contributed by atoms with Gasteiger partial charge >= 0.3 is 5.97 Å². The number of fused-ring (bicyclic) bond motifs is 1. The fraction of sp³-hybridized carbons (Fsp3) is 0.231. The largest absolute Gasteiger partial charge is 0.462 e. The van der Waals surface area contributed by atoms with Crippen LogP contribution >= 0.6 is 11.6 Å². The van der Waals surface area contributed by atoms with Crippen LogP contribution in [0.3, 0.4) is 0 Å². The molecule has 2 aromatic rings. The zero-order chi connectivity index (χ0) is 13.3. The van der Waals surface area contributed by atoms with Crippen molar-refractivity contribution in [2.24, 2.45) is 0 Å². The lowest BCUT2D eigenvalue weighted by Crippen LogP contribution is -2.19. The molecular weight excluding hydrogens is 254 g/mol. The summed E-state index contributed by atoms with van der Waals surface area (Å²) in [5, 5.41) is 1.32. The van der Waals surface area contributed by atoms with Crippen molar-refractivity contribution in [1.82, 2.24) is 4.98 Å². The summed E-state index contributed by atoms with van der Waals surface area (Å²) in [6.45, 7) is 3.78. The van der Waals surface area contributed by atoms with Crippen molar-refractivity contribution in [1.29, 1.82) is 0 Å². The van der Waals surface area contributed by atoms with E-state index in [1.807, 2.05) is 13.0 Å². The van der Waals surface area contributed by atoms with Crippen molar-refractivity contribution in [2.75, 3.05) is 6.61 Å². The van der Waals surface area contributed by atoms with E-state index in [2.05, 4.69) is 4.98 Å². The predicted octanol–water partition coefficient (Wildman–Crippen LogP) is 2.67. The minimum Gasteiger partial charge on any atom is -0.462 e. The third-order valence-electron chi connectivity index (χ3n) is 2.62. The molecule has 0 unspecified atom stereocenters. The van der Waals surface area contributed by atoms with Gasteiger partial charge in [-0.15, -0.1) is 0 Å². The number of carbonyl (C=O) groups is 1. The van der Waals surface area contributed by atoms with Gasteiger partial charge in [0.2, 0.25) is 0 Å². The van der Waals surface area contributed by atoms with Gasteiger partial charge in [0, 0.05) is 10.5 Å². The predicted molar refractivity (Wildman–Crippen MR) is 70.3 cm³/mol. The zero-order valence-electron chi connectivity index (χ0n) is 10.0. The quantitative estimate of drug-likeness (QED) is 0.850. The Kier molecular flexibility index (Phi) is 3.39. The maximum absolute atomic E-state index is 11.7. The Labute approximate surface area is 109 Å². The number of rotatable bonds is 2. The zero-order valence-corrected chi connectivity index (χ0v) is 10.8. The number of benzene rings is 1. The van der Waals surface area contributed by atoms with Crippen LogP contribution in [0.25, 0.3) is 10.9 Å². The number of carbonyl (C=O) groups excluding carboxylic acids is 1. The molecule has 1 heterocycles. The van der Waals surface area contributed by atoms with Gasteiger partial charge in [-0.1, -0.05) is 11.6 Å². The molecule has 0 fully saturated rings. The van der Waals surface area contributed by atoms with E-state index in [0.717, 1.165) is 10.9 Å². The molecule has 94 valence electrons. The molecular formula is C13H12ClNO3. The Morgan fingerprint density at radius 2 is 2.11 bits per heavy atom. The van der Waals surface area contributed by atoms with Crippen LogP contribution in [0.4, 0.5) is 0 Å². The van der Waals surface area contributed by atoms with Crippen molar-refractivity contribution in [3.05, 3.63) is 44.7 Å². The maximum Gasteiger partial charge on any atom is 0.343 e. The first-order chi connectivity index (χ1) is 8.52. The van der Waals surface area contributed by atoms with Gasteiger partial charge < -0.3 is 9.72 Å². The highest BCUT2D eigenvalue weighted by Gasteiger charge is 2.13. The SMILES string of the molecule is CCOC(=O)c1cc2cc(C)c(Cl)cc2[nH]c1=O. The fourth-order valence-electron chi connectivity index (χ4n) is 1.70. The number of aromatic nitrogens is 1. The summed E-state index contributed by atoms with van der Waals surface area (Å²) in [6, 6.07) is 5.01. The second-order valence-corrected chi connectivity index (χ2v) is 4.33. The van der Waals surface area contributed by atoms with Crippen molar-refractivity contribution >= 4 is 28.5 Å². The second-order valence-electron chi connectivity index (χ2n) is 3.92. The molecule has 0 amide bonds. The van der Waals surface area contributed by atoms with Crippen molar-refractivity contribution in [2.45, 2.75) is 13.8 Å². The molecule has 0 radical (unpaired) electrons. The van der Waals surface area contributed by atoms with Crippen molar-refractivity contribution < 1.29 is 9.53 Å². The van der Waals surface area contributed by atoms with Crippen molar-refractivity contribution in [3.63, 3.8) is 0 Å². The van der Waals surface area contributed by atoms with Crippen LogP contribution in [-0.4, -0.2) is 17.6 Å². The van der Waals surface area contributed by atoms with E-state index < -0.39 is 11.5 Å². The number of halogens is 1. The highest BCUT2D eigenvalue weighted by molar-refractivity contribution is 6.32. The van der Waals surface area contributed by atoms with Crippen LogP contribution in [0.1, 0.15) is 22.8 Å². The molecule has 0 aliphatic carbocycles. The highest BCUT2D eigenvalue weighted by atomic mass is 35.5. The van der Waals surface area contributed by atoms with Gasteiger partial charge in [-0.3, -0.25) is 4.79 Å². The summed E-state index contributed by atoms with van der Waals surface area (Å²) >= 11 is 5.98. The number of aryl methyl sites for hydroxylation is 1. The summed E-state index contributed by atoms with van der Waals surface area (Å²) in [5.41, 5.74) is 1.02. The Hall–Kier alpha value is -1.81. The number of hydrogen-bond acceptors (Lipinski definition) is 3. The van der Waals surface area contributed by atoms with E-state index >= 15 is 0 Å². The molecule has 1 aromatic carbocycles. The van der Waals surface area contributed by atoms with E-state index in [4.69, 9.17) is 16.3 Å². The van der Waals surface area contributed by atoms with E-state index in [1.165, 1.54) is 6.07 Å². The molecule has 2 rings (SSSR count). The molecule has 1 N–H and O–H groups in total. The number of H-pyrrole nitrogens is 1. The lowest BCUT2D eigenvalue weighted by atomic mass is 10.1. The average Bonchev–Trinajstić information content (AvgIpc) is 2.31. The molecule has 0 bridgehead atoms. The monoisotopic (exact) mass is 265 g/mol. The van der Waals surface area contributed by atoms with Gasteiger partial charge in [-0.25, -0.2) is 4.79 Å². The number of pyridine rings is 1. The average molecular weight is 266 g/mol. The smallest absolute Gasteiger partial charge is 0.343 e. The van der Waals surface area contributed by atoms with E-state index in [-0.39, 0.29) is 12.2 Å². The first-order valence-corrected chi connectivity index (χ1v) is 5.91.